The van der Waals surface area contributed by atoms with Gasteiger partial charge >= 0.3 is 0 Å². The van der Waals surface area contributed by atoms with Gasteiger partial charge in [-0.2, -0.15) is 5.10 Å². The molecule has 1 aliphatic heterocycles. The van der Waals surface area contributed by atoms with Gasteiger partial charge in [0.25, 0.3) is 0 Å². The number of aryl methyl sites for hydroxylation is 2. The van der Waals surface area contributed by atoms with Gasteiger partial charge < -0.3 is 10.0 Å². The third kappa shape index (κ3) is 2.63. The Morgan fingerprint density at radius 3 is 2.74 bits per heavy atom. The van der Waals surface area contributed by atoms with Gasteiger partial charge in [-0.1, -0.05) is 0 Å². The van der Waals surface area contributed by atoms with E-state index in [-0.39, 0.29) is 37.9 Å². The average Bonchev–Trinajstić information content (AvgIpc) is 2.85. The maximum absolute atomic E-state index is 13.4. The van der Waals surface area contributed by atoms with E-state index in [1.54, 1.807) is 4.68 Å². The number of hydrogen-bond acceptors (Lipinski definition) is 3. The van der Waals surface area contributed by atoms with Crippen molar-refractivity contribution in [2.45, 2.75) is 38.9 Å². The van der Waals surface area contributed by atoms with Crippen LogP contribution >= 0.6 is 0 Å². The van der Waals surface area contributed by atoms with Crippen LogP contribution in [0.5, 0.6) is 0 Å². The molecule has 1 amide bonds. The molecule has 2 heterocycles. The van der Waals surface area contributed by atoms with E-state index in [1.165, 1.54) is 4.90 Å². The van der Waals surface area contributed by atoms with Crippen molar-refractivity contribution < 1.29 is 14.3 Å². The normalized spacial score (nSPS) is 23.1. The van der Waals surface area contributed by atoms with Crippen LogP contribution in [-0.4, -0.2) is 51.1 Å². The van der Waals surface area contributed by atoms with E-state index in [0.29, 0.717) is 0 Å². The Labute approximate surface area is 112 Å². The SMILES string of the molecule is Cc1nn(C)c(C)c1CC(=O)N1C[C@@H](F)C[C@H]1CO. The van der Waals surface area contributed by atoms with Gasteiger partial charge in [0.05, 0.1) is 31.3 Å². The van der Waals surface area contributed by atoms with Crippen LogP contribution in [0, 0.1) is 13.8 Å². The van der Waals surface area contributed by atoms with Crippen molar-refractivity contribution in [2.24, 2.45) is 7.05 Å². The quantitative estimate of drug-likeness (QED) is 0.870. The first kappa shape index (κ1) is 14.0. The van der Waals surface area contributed by atoms with Crippen molar-refractivity contribution in [1.29, 1.82) is 0 Å². The number of halogens is 1. The molecule has 1 aromatic heterocycles. The molecule has 106 valence electrons. The van der Waals surface area contributed by atoms with Crippen LogP contribution in [0.4, 0.5) is 4.39 Å². The molecule has 0 aromatic carbocycles. The van der Waals surface area contributed by atoms with Gasteiger partial charge in [-0.3, -0.25) is 9.48 Å². The van der Waals surface area contributed by atoms with Crippen LogP contribution in [0.2, 0.25) is 0 Å². The number of hydrogen-bond donors (Lipinski definition) is 1. The fraction of sp³-hybridized carbons (Fsp3) is 0.692. The minimum Gasteiger partial charge on any atom is -0.394 e. The first-order valence-electron chi connectivity index (χ1n) is 6.47. The first-order valence-corrected chi connectivity index (χ1v) is 6.47. The van der Waals surface area contributed by atoms with Crippen LogP contribution < -0.4 is 0 Å². The molecule has 2 atom stereocenters. The number of carbonyl (C=O) groups is 1. The number of amides is 1. The highest BCUT2D eigenvalue weighted by molar-refractivity contribution is 5.80. The lowest BCUT2D eigenvalue weighted by Crippen LogP contribution is -2.39. The number of aliphatic hydroxyl groups is 1. The van der Waals surface area contributed by atoms with E-state index in [2.05, 4.69) is 5.10 Å². The molecule has 1 saturated heterocycles. The topological polar surface area (TPSA) is 58.4 Å². The number of likely N-dealkylation sites (tertiary alicyclic amines) is 1. The molecule has 6 heteroatoms. The molecule has 0 radical (unpaired) electrons. The Morgan fingerprint density at radius 1 is 1.53 bits per heavy atom. The van der Waals surface area contributed by atoms with Crippen molar-refractivity contribution in [3.05, 3.63) is 17.0 Å². The molecule has 5 nitrogen and oxygen atoms in total. The molecule has 2 rings (SSSR count). The Kier molecular flexibility index (Phi) is 3.89. The summed E-state index contributed by atoms with van der Waals surface area (Å²) in [7, 11) is 1.83. The summed E-state index contributed by atoms with van der Waals surface area (Å²) in [6.45, 7) is 3.68. The lowest BCUT2D eigenvalue weighted by molar-refractivity contribution is -0.132. The highest BCUT2D eigenvalue weighted by Crippen LogP contribution is 2.22. The standard InChI is InChI=1S/C13H20FN3O2/c1-8-12(9(2)16(3)15-8)5-13(19)17-6-10(14)4-11(17)7-18/h10-11,18H,4-7H2,1-3H3/t10-,11-/m0/s1. The lowest BCUT2D eigenvalue weighted by atomic mass is 10.1. The number of aliphatic hydroxyl groups excluding tert-OH is 1. The molecule has 19 heavy (non-hydrogen) atoms. The summed E-state index contributed by atoms with van der Waals surface area (Å²) in [6.07, 6.45) is -0.584. The molecule has 0 aliphatic carbocycles. The molecule has 0 saturated carbocycles. The molecule has 0 spiro atoms. The Balaban J connectivity index is 2.13. The predicted octanol–water partition coefficient (Wildman–Crippen LogP) is 0.511. The van der Waals surface area contributed by atoms with Crippen molar-refractivity contribution in [2.75, 3.05) is 13.2 Å². The summed E-state index contributed by atoms with van der Waals surface area (Å²) in [5, 5.41) is 13.5. The number of nitrogens with zero attached hydrogens (tertiary/aromatic N) is 3. The zero-order valence-electron chi connectivity index (χ0n) is 11.6. The summed E-state index contributed by atoms with van der Waals surface area (Å²) in [4.78, 5) is 13.7. The minimum absolute atomic E-state index is 0.0857. The largest absolute Gasteiger partial charge is 0.394 e. The van der Waals surface area contributed by atoms with E-state index in [9.17, 15) is 14.3 Å². The van der Waals surface area contributed by atoms with Crippen molar-refractivity contribution in [1.82, 2.24) is 14.7 Å². The fourth-order valence-electron chi connectivity index (χ4n) is 2.66. The number of rotatable bonds is 3. The van der Waals surface area contributed by atoms with E-state index in [1.807, 2.05) is 20.9 Å². The summed E-state index contributed by atoms with van der Waals surface area (Å²) in [5.74, 6) is -0.140. The number of aromatic nitrogens is 2. The smallest absolute Gasteiger partial charge is 0.227 e. The molecule has 1 N–H and O–H groups in total. The zero-order chi connectivity index (χ0) is 14.2. The molecule has 1 fully saturated rings. The second-order valence-electron chi connectivity index (χ2n) is 5.17. The average molecular weight is 269 g/mol. The lowest BCUT2D eigenvalue weighted by Gasteiger charge is -2.22. The van der Waals surface area contributed by atoms with Gasteiger partial charge in [0, 0.05) is 24.7 Å². The maximum Gasteiger partial charge on any atom is 0.227 e. The highest BCUT2D eigenvalue weighted by Gasteiger charge is 2.35. The monoisotopic (exact) mass is 269 g/mol. The third-order valence-electron chi connectivity index (χ3n) is 3.88. The van der Waals surface area contributed by atoms with Gasteiger partial charge in [0.15, 0.2) is 0 Å². The summed E-state index contributed by atoms with van der Waals surface area (Å²) in [6, 6.07) is -0.389. The fourth-order valence-corrected chi connectivity index (χ4v) is 2.66. The van der Waals surface area contributed by atoms with E-state index in [4.69, 9.17) is 0 Å². The highest BCUT2D eigenvalue weighted by atomic mass is 19.1. The number of carbonyl (C=O) groups excluding carboxylic acids is 1. The molecule has 0 unspecified atom stereocenters. The Hall–Kier alpha value is -1.43. The maximum atomic E-state index is 13.4. The van der Waals surface area contributed by atoms with E-state index >= 15 is 0 Å². The van der Waals surface area contributed by atoms with E-state index in [0.717, 1.165) is 17.0 Å². The second kappa shape index (κ2) is 5.28. The van der Waals surface area contributed by atoms with Crippen LogP contribution in [0.1, 0.15) is 23.4 Å². The van der Waals surface area contributed by atoms with Crippen molar-refractivity contribution in [3.63, 3.8) is 0 Å². The first-order chi connectivity index (χ1) is 8.93. The van der Waals surface area contributed by atoms with Gasteiger partial charge in [0.2, 0.25) is 5.91 Å². The summed E-state index contributed by atoms with van der Waals surface area (Å²) in [5.41, 5.74) is 2.67. The predicted molar refractivity (Wildman–Crippen MR) is 68.5 cm³/mol. The summed E-state index contributed by atoms with van der Waals surface area (Å²) >= 11 is 0. The van der Waals surface area contributed by atoms with Crippen molar-refractivity contribution in [3.8, 4) is 0 Å². The third-order valence-corrected chi connectivity index (χ3v) is 3.88. The minimum atomic E-state index is -1.03. The summed E-state index contributed by atoms with van der Waals surface area (Å²) < 4.78 is 15.1. The van der Waals surface area contributed by atoms with E-state index < -0.39 is 6.17 Å². The zero-order valence-corrected chi connectivity index (χ0v) is 11.6. The molecular formula is C13H20FN3O2. The van der Waals surface area contributed by atoms with Crippen LogP contribution in [-0.2, 0) is 18.3 Å². The number of alkyl halides is 1. The van der Waals surface area contributed by atoms with Crippen LogP contribution in [0.25, 0.3) is 0 Å². The van der Waals surface area contributed by atoms with Gasteiger partial charge in [-0.05, 0) is 13.8 Å². The molecule has 1 aliphatic rings. The van der Waals surface area contributed by atoms with Crippen molar-refractivity contribution >= 4 is 5.91 Å². The Bertz CT molecular complexity index is 486. The molecule has 0 bridgehead atoms. The van der Waals surface area contributed by atoms with Crippen LogP contribution in [0.3, 0.4) is 0 Å². The van der Waals surface area contributed by atoms with Crippen LogP contribution in [0.15, 0.2) is 0 Å². The molecular weight excluding hydrogens is 249 g/mol. The van der Waals surface area contributed by atoms with Gasteiger partial charge in [-0.15, -0.1) is 0 Å². The second-order valence-corrected chi connectivity index (χ2v) is 5.17. The van der Waals surface area contributed by atoms with Gasteiger partial charge in [-0.25, -0.2) is 4.39 Å². The molecule has 1 aromatic rings. The van der Waals surface area contributed by atoms with Gasteiger partial charge in [0.1, 0.15) is 6.17 Å². The Morgan fingerprint density at radius 2 is 2.21 bits per heavy atom.